The molecule has 0 bridgehead atoms. The zero-order valence-electron chi connectivity index (χ0n) is 10.1. The minimum atomic E-state index is 0.232. The Morgan fingerprint density at radius 1 is 1.59 bits per heavy atom. The molecule has 0 aromatic carbocycles. The van der Waals surface area contributed by atoms with Crippen molar-refractivity contribution in [1.29, 1.82) is 0 Å². The van der Waals surface area contributed by atoms with Gasteiger partial charge in [0.25, 0.3) is 0 Å². The lowest BCUT2D eigenvalue weighted by Crippen LogP contribution is -2.37. The highest BCUT2D eigenvalue weighted by Gasteiger charge is 2.20. The van der Waals surface area contributed by atoms with E-state index in [0.717, 1.165) is 37.6 Å². The van der Waals surface area contributed by atoms with E-state index in [1.54, 1.807) is 7.05 Å². The standard InChI is InChI=1S/C11H19N5O/c1-13-9-5-10(15-11(12)14-9)16-4-2-3-8(6-16)7-17/h5,8,17H,2-4,6-7H2,1H3,(H3,12,13,14,15). The van der Waals surface area contributed by atoms with Gasteiger partial charge in [-0.1, -0.05) is 0 Å². The molecule has 1 unspecified atom stereocenters. The zero-order valence-corrected chi connectivity index (χ0v) is 10.1. The molecular formula is C11H19N5O. The number of rotatable bonds is 3. The summed E-state index contributed by atoms with van der Waals surface area (Å²) in [6.45, 7) is 2.02. The summed E-state index contributed by atoms with van der Waals surface area (Å²) in [6, 6.07) is 1.89. The largest absolute Gasteiger partial charge is 0.396 e. The second-order valence-corrected chi connectivity index (χ2v) is 4.36. The van der Waals surface area contributed by atoms with Crippen molar-refractivity contribution in [2.24, 2.45) is 5.92 Å². The molecule has 17 heavy (non-hydrogen) atoms. The van der Waals surface area contributed by atoms with E-state index in [9.17, 15) is 5.11 Å². The molecule has 1 aromatic rings. The highest BCUT2D eigenvalue weighted by atomic mass is 16.3. The number of aliphatic hydroxyl groups is 1. The molecule has 94 valence electrons. The van der Waals surface area contributed by atoms with Crippen molar-refractivity contribution in [1.82, 2.24) is 9.97 Å². The molecule has 1 atom stereocenters. The summed E-state index contributed by atoms with van der Waals surface area (Å²) < 4.78 is 0. The van der Waals surface area contributed by atoms with E-state index >= 15 is 0 Å². The summed E-state index contributed by atoms with van der Waals surface area (Å²) in [5, 5.41) is 12.2. The molecule has 0 saturated carbocycles. The van der Waals surface area contributed by atoms with Crippen molar-refractivity contribution < 1.29 is 5.11 Å². The molecule has 6 heteroatoms. The Bertz CT molecular complexity index is 384. The number of nitrogens with two attached hydrogens (primary N) is 1. The number of nitrogens with one attached hydrogen (secondary N) is 1. The topological polar surface area (TPSA) is 87.3 Å². The average molecular weight is 237 g/mol. The summed E-state index contributed by atoms with van der Waals surface area (Å²) in [4.78, 5) is 10.5. The van der Waals surface area contributed by atoms with Gasteiger partial charge in [-0.25, -0.2) is 0 Å². The van der Waals surface area contributed by atoms with E-state index in [1.807, 2.05) is 6.07 Å². The number of hydrogen-bond acceptors (Lipinski definition) is 6. The molecule has 2 rings (SSSR count). The number of piperidine rings is 1. The predicted molar refractivity (Wildman–Crippen MR) is 68.0 cm³/mol. The van der Waals surface area contributed by atoms with Crippen molar-refractivity contribution in [2.45, 2.75) is 12.8 Å². The Morgan fingerprint density at radius 2 is 2.41 bits per heavy atom. The minimum absolute atomic E-state index is 0.232. The molecule has 4 N–H and O–H groups in total. The van der Waals surface area contributed by atoms with Gasteiger partial charge in [-0.2, -0.15) is 9.97 Å². The summed E-state index contributed by atoms with van der Waals surface area (Å²) in [5.41, 5.74) is 5.67. The molecule has 0 radical (unpaired) electrons. The van der Waals surface area contributed by atoms with Crippen LogP contribution in [0.1, 0.15) is 12.8 Å². The van der Waals surface area contributed by atoms with Crippen LogP contribution in [0.2, 0.25) is 0 Å². The second kappa shape index (κ2) is 5.18. The molecule has 1 fully saturated rings. The van der Waals surface area contributed by atoms with Crippen LogP contribution in [-0.4, -0.2) is 41.8 Å². The summed E-state index contributed by atoms with van der Waals surface area (Å²) in [7, 11) is 1.80. The van der Waals surface area contributed by atoms with Gasteiger partial charge in [0.1, 0.15) is 11.6 Å². The van der Waals surface area contributed by atoms with Gasteiger partial charge < -0.3 is 21.1 Å². The summed E-state index contributed by atoms with van der Waals surface area (Å²) in [5.74, 6) is 2.16. The lowest BCUT2D eigenvalue weighted by atomic mass is 9.99. The third kappa shape index (κ3) is 2.76. The van der Waals surface area contributed by atoms with Crippen molar-refractivity contribution in [3.63, 3.8) is 0 Å². The van der Waals surface area contributed by atoms with Gasteiger partial charge in [-0.15, -0.1) is 0 Å². The molecule has 2 heterocycles. The maximum Gasteiger partial charge on any atom is 0.223 e. The molecule has 0 amide bonds. The molecular weight excluding hydrogens is 218 g/mol. The van der Waals surface area contributed by atoms with Gasteiger partial charge in [0.2, 0.25) is 5.95 Å². The summed E-state index contributed by atoms with van der Waals surface area (Å²) in [6.07, 6.45) is 2.15. The molecule has 1 aliphatic heterocycles. The fraction of sp³-hybridized carbons (Fsp3) is 0.636. The Morgan fingerprint density at radius 3 is 3.12 bits per heavy atom. The maximum absolute atomic E-state index is 9.21. The number of aromatic nitrogens is 2. The van der Waals surface area contributed by atoms with E-state index in [2.05, 4.69) is 20.2 Å². The van der Waals surface area contributed by atoms with Crippen LogP contribution in [0.15, 0.2) is 6.07 Å². The van der Waals surface area contributed by atoms with Crippen molar-refractivity contribution in [3.05, 3.63) is 6.07 Å². The van der Waals surface area contributed by atoms with E-state index in [-0.39, 0.29) is 12.6 Å². The molecule has 6 nitrogen and oxygen atoms in total. The number of hydrogen-bond donors (Lipinski definition) is 3. The first kappa shape index (κ1) is 11.9. The normalized spacial score (nSPS) is 20.4. The van der Waals surface area contributed by atoms with Crippen LogP contribution in [0, 0.1) is 5.92 Å². The third-order valence-electron chi connectivity index (χ3n) is 3.09. The van der Waals surface area contributed by atoms with Crippen LogP contribution in [0.5, 0.6) is 0 Å². The number of aliphatic hydroxyl groups excluding tert-OH is 1. The monoisotopic (exact) mass is 237 g/mol. The first-order chi connectivity index (χ1) is 8.22. The SMILES string of the molecule is CNc1cc(N2CCCC(CO)C2)nc(N)n1. The van der Waals surface area contributed by atoms with Crippen molar-refractivity contribution in [2.75, 3.05) is 42.7 Å². The maximum atomic E-state index is 9.21. The van der Waals surface area contributed by atoms with E-state index in [1.165, 1.54) is 0 Å². The van der Waals surface area contributed by atoms with Crippen LogP contribution < -0.4 is 16.0 Å². The van der Waals surface area contributed by atoms with Crippen LogP contribution in [-0.2, 0) is 0 Å². The fourth-order valence-electron chi connectivity index (χ4n) is 2.16. The lowest BCUT2D eigenvalue weighted by Gasteiger charge is -2.32. The average Bonchev–Trinajstić information content (AvgIpc) is 2.38. The minimum Gasteiger partial charge on any atom is -0.396 e. The number of nitrogens with zero attached hydrogens (tertiary/aromatic N) is 3. The molecule has 0 aliphatic carbocycles. The van der Waals surface area contributed by atoms with Crippen LogP contribution >= 0.6 is 0 Å². The molecule has 1 aliphatic rings. The highest BCUT2D eigenvalue weighted by Crippen LogP contribution is 2.23. The van der Waals surface area contributed by atoms with E-state index in [4.69, 9.17) is 5.73 Å². The number of anilines is 3. The fourth-order valence-corrected chi connectivity index (χ4v) is 2.16. The van der Waals surface area contributed by atoms with Gasteiger partial charge in [0, 0.05) is 32.8 Å². The van der Waals surface area contributed by atoms with Crippen LogP contribution in [0.25, 0.3) is 0 Å². The smallest absolute Gasteiger partial charge is 0.223 e. The van der Waals surface area contributed by atoms with Gasteiger partial charge >= 0.3 is 0 Å². The third-order valence-corrected chi connectivity index (χ3v) is 3.09. The Balaban J connectivity index is 2.18. The zero-order chi connectivity index (χ0) is 12.3. The molecule has 1 aromatic heterocycles. The lowest BCUT2D eigenvalue weighted by molar-refractivity contribution is 0.208. The van der Waals surface area contributed by atoms with Gasteiger partial charge in [-0.05, 0) is 18.8 Å². The van der Waals surface area contributed by atoms with E-state index < -0.39 is 0 Å². The van der Waals surface area contributed by atoms with Gasteiger partial charge in [-0.3, -0.25) is 0 Å². The van der Waals surface area contributed by atoms with Crippen molar-refractivity contribution >= 4 is 17.6 Å². The molecule has 1 saturated heterocycles. The molecule has 0 spiro atoms. The second-order valence-electron chi connectivity index (χ2n) is 4.36. The predicted octanol–water partition coefficient (Wildman–Crippen LogP) is 0.309. The van der Waals surface area contributed by atoms with Crippen molar-refractivity contribution in [3.8, 4) is 0 Å². The van der Waals surface area contributed by atoms with E-state index in [0.29, 0.717) is 5.92 Å². The van der Waals surface area contributed by atoms with Gasteiger partial charge in [0.05, 0.1) is 0 Å². The summed E-state index contributed by atoms with van der Waals surface area (Å²) >= 11 is 0. The quantitative estimate of drug-likeness (QED) is 0.701. The van der Waals surface area contributed by atoms with Gasteiger partial charge in [0.15, 0.2) is 0 Å². The Hall–Kier alpha value is -1.56. The van der Waals surface area contributed by atoms with Crippen LogP contribution in [0.4, 0.5) is 17.6 Å². The Labute approximate surface area is 101 Å². The highest BCUT2D eigenvalue weighted by molar-refractivity contribution is 5.52. The first-order valence-corrected chi connectivity index (χ1v) is 5.91. The Kier molecular flexibility index (Phi) is 3.63. The first-order valence-electron chi connectivity index (χ1n) is 5.91. The number of nitrogen functional groups attached to an aromatic ring is 1. The van der Waals surface area contributed by atoms with Crippen LogP contribution in [0.3, 0.4) is 0 Å².